The Hall–Kier alpha value is -2.41. The van der Waals surface area contributed by atoms with E-state index in [9.17, 15) is 9.59 Å². The fraction of sp³-hybridized carbons (Fsp3) is 0.267. The lowest BCUT2D eigenvalue weighted by atomic mass is 10.2. The van der Waals surface area contributed by atoms with Gasteiger partial charge in [0.15, 0.2) is 10.7 Å². The van der Waals surface area contributed by atoms with Crippen LogP contribution in [0.1, 0.15) is 29.4 Å². The number of thiazole rings is 1. The van der Waals surface area contributed by atoms with Gasteiger partial charge in [-0.1, -0.05) is 19.4 Å². The van der Waals surface area contributed by atoms with Crippen molar-refractivity contribution in [3.05, 3.63) is 45.4 Å². The first-order valence-electron chi connectivity index (χ1n) is 6.94. The highest BCUT2D eigenvalue weighted by Crippen LogP contribution is 2.21. The molecule has 3 rings (SSSR count). The SMILES string of the molecule is CCCc1csc(NC(=O)c2cccc3c2oc(=O)n3C)n1. The van der Waals surface area contributed by atoms with Gasteiger partial charge in [0.25, 0.3) is 5.91 Å². The van der Waals surface area contributed by atoms with Crippen molar-refractivity contribution in [2.75, 3.05) is 5.32 Å². The van der Waals surface area contributed by atoms with E-state index in [0.29, 0.717) is 16.2 Å². The molecule has 0 radical (unpaired) electrons. The number of rotatable bonds is 4. The largest absolute Gasteiger partial charge is 0.419 e. The zero-order chi connectivity index (χ0) is 15.7. The van der Waals surface area contributed by atoms with Crippen LogP contribution in [-0.4, -0.2) is 15.5 Å². The summed E-state index contributed by atoms with van der Waals surface area (Å²) in [6.45, 7) is 2.08. The molecule has 0 unspecified atom stereocenters. The van der Waals surface area contributed by atoms with Crippen LogP contribution in [0.5, 0.6) is 0 Å². The van der Waals surface area contributed by atoms with Crippen molar-refractivity contribution in [2.45, 2.75) is 19.8 Å². The predicted molar refractivity (Wildman–Crippen MR) is 85.5 cm³/mol. The molecule has 0 saturated carbocycles. The minimum Gasteiger partial charge on any atom is -0.407 e. The van der Waals surface area contributed by atoms with E-state index in [2.05, 4.69) is 17.2 Å². The Kier molecular flexibility index (Phi) is 3.81. The third kappa shape index (κ3) is 2.55. The van der Waals surface area contributed by atoms with Gasteiger partial charge in [0, 0.05) is 12.4 Å². The Morgan fingerprint density at radius 2 is 2.27 bits per heavy atom. The lowest BCUT2D eigenvalue weighted by Gasteiger charge is -2.02. The summed E-state index contributed by atoms with van der Waals surface area (Å²) in [7, 11) is 1.60. The fourth-order valence-corrected chi connectivity index (χ4v) is 2.97. The van der Waals surface area contributed by atoms with Crippen LogP contribution in [0.3, 0.4) is 0 Å². The Morgan fingerprint density at radius 3 is 3.05 bits per heavy atom. The van der Waals surface area contributed by atoms with Gasteiger partial charge in [-0.3, -0.25) is 14.7 Å². The number of carbonyl (C=O) groups is 1. The zero-order valence-electron chi connectivity index (χ0n) is 12.3. The van der Waals surface area contributed by atoms with Gasteiger partial charge in [-0.15, -0.1) is 11.3 Å². The monoisotopic (exact) mass is 317 g/mol. The molecule has 7 heteroatoms. The van der Waals surface area contributed by atoms with Gasteiger partial charge >= 0.3 is 5.76 Å². The standard InChI is InChI=1S/C15H15N3O3S/c1-3-5-9-8-22-14(16-9)17-13(19)10-6-4-7-11-12(10)21-15(20)18(11)2/h4,6-8H,3,5H2,1-2H3,(H,16,17,19). The maximum absolute atomic E-state index is 12.4. The number of amides is 1. The molecule has 0 bridgehead atoms. The lowest BCUT2D eigenvalue weighted by molar-refractivity contribution is 0.102. The van der Waals surface area contributed by atoms with Crippen molar-refractivity contribution >= 4 is 33.5 Å². The first-order chi connectivity index (χ1) is 10.6. The molecule has 22 heavy (non-hydrogen) atoms. The molecule has 1 aromatic carbocycles. The molecule has 0 saturated heterocycles. The maximum Gasteiger partial charge on any atom is 0.419 e. The van der Waals surface area contributed by atoms with Crippen LogP contribution >= 0.6 is 11.3 Å². The van der Waals surface area contributed by atoms with Crippen LogP contribution < -0.4 is 11.1 Å². The second-order valence-corrected chi connectivity index (χ2v) is 5.79. The number of hydrogen-bond acceptors (Lipinski definition) is 5. The second-order valence-electron chi connectivity index (χ2n) is 4.93. The van der Waals surface area contributed by atoms with Crippen molar-refractivity contribution in [2.24, 2.45) is 7.05 Å². The molecule has 0 aliphatic rings. The summed E-state index contributed by atoms with van der Waals surface area (Å²) in [6.07, 6.45) is 1.89. The zero-order valence-corrected chi connectivity index (χ0v) is 13.1. The Morgan fingerprint density at radius 1 is 1.45 bits per heavy atom. The number of benzene rings is 1. The van der Waals surface area contributed by atoms with Crippen LogP contribution in [0.2, 0.25) is 0 Å². The molecule has 0 atom stereocenters. The van der Waals surface area contributed by atoms with Crippen molar-refractivity contribution in [3.63, 3.8) is 0 Å². The minimum atomic E-state index is -0.491. The number of nitrogens with zero attached hydrogens (tertiary/aromatic N) is 2. The van der Waals surface area contributed by atoms with E-state index in [4.69, 9.17) is 4.42 Å². The molecule has 0 aliphatic heterocycles. The number of oxazole rings is 1. The molecule has 0 spiro atoms. The smallest absolute Gasteiger partial charge is 0.407 e. The first-order valence-corrected chi connectivity index (χ1v) is 7.82. The summed E-state index contributed by atoms with van der Waals surface area (Å²) < 4.78 is 6.53. The third-order valence-electron chi connectivity index (χ3n) is 3.34. The van der Waals surface area contributed by atoms with Crippen molar-refractivity contribution in [3.8, 4) is 0 Å². The molecule has 0 fully saturated rings. The number of aryl methyl sites for hydroxylation is 2. The molecule has 0 aliphatic carbocycles. The molecule has 3 aromatic rings. The van der Waals surface area contributed by atoms with Crippen LogP contribution in [0, 0.1) is 0 Å². The van der Waals surface area contributed by atoms with Crippen molar-refractivity contribution in [1.29, 1.82) is 0 Å². The second kappa shape index (κ2) is 5.76. The normalized spacial score (nSPS) is 11.0. The number of nitrogens with one attached hydrogen (secondary N) is 1. The highest BCUT2D eigenvalue weighted by Gasteiger charge is 2.17. The van der Waals surface area contributed by atoms with Crippen molar-refractivity contribution in [1.82, 2.24) is 9.55 Å². The van der Waals surface area contributed by atoms with E-state index in [0.717, 1.165) is 18.5 Å². The summed E-state index contributed by atoms with van der Waals surface area (Å²) in [5.74, 6) is -0.827. The molecule has 6 nitrogen and oxygen atoms in total. The van der Waals surface area contributed by atoms with Gasteiger partial charge < -0.3 is 4.42 Å². The van der Waals surface area contributed by atoms with Gasteiger partial charge in [0.1, 0.15) is 0 Å². The lowest BCUT2D eigenvalue weighted by Crippen LogP contribution is -2.12. The summed E-state index contributed by atoms with van der Waals surface area (Å²) in [4.78, 5) is 28.4. The quantitative estimate of drug-likeness (QED) is 0.802. The average Bonchev–Trinajstić information content (AvgIpc) is 3.05. The highest BCUT2D eigenvalue weighted by atomic mass is 32.1. The fourth-order valence-electron chi connectivity index (χ4n) is 2.23. The molecular formula is C15H15N3O3S. The maximum atomic E-state index is 12.4. The van der Waals surface area contributed by atoms with E-state index in [1.807, 2.05) is 5.38 Å². The van der Waals surface area contributed by atoms with Gasteiger partial charge in [-0.25, -0.2) is 9.78 Å². The summed E-state index contributed by atoms with van der Waals surface area (Å²) in [5, 5.41) is 5.23. The molecule has 114 valence electrons. The van der Waals surface area contributed by atoms with Gasteiger partial charge in [-0.2, -0.15) is 0 Å². The van der Waals surface area contributed by atoms with Crippen LogP contribution in [0.4, 0.5) is 5.13 Å². The number of aromatic nitrogens is 2. The van der Waals surface area contributed by atoms with E-state index >= 15 is 0 Å². The topological polar surface area (TPSA) is 77.1 Å². The minimum absolute atomic E-state index is 0.290. The Balaban J connectivity index is 1.91. The van der Waals surface area contributed by atoms with E-state index in [1.54, 1.807) is 25.2 Å². The molecule has 2 aromatic heterocycles. The number of anilines is 1. The summed E-state index contributed by atoms with van der Waals surface area (Å²) >= 11 is 1.39. The first kappa shape index (κ1) is 14.5. The van der Waals surface area contributed by atoms with Crippen LogP contribution in [-0.2, 0) is 13.5 Å². The highest BCUT2D eigenvalue weighted by molar-refractivity contribution is 7.14. The van der Waals surface area contributed by atoms with E-state index in [-0.39, 0.29) is 11.5 Å². The van der Waals surface area contributed by atoms with Gasteiger partial charge in [-0.05, 0) is 18.6 Å². The Labute approximate surface area is 130 Å². The molecule has 2 heterocycles. The average molecular weight is 317 g/mol. The summed E-state index contributed by atoms with van der Waals surface area (Å²) in [6, 6.07) is 5.08. The molecule has 1 N–H and O–H groups in total. The van der Waals surface area contributed by atoms with Crippen molar-refractivity contribution < 1.29 is 9.21 Å². The molecule has 1 amide bonds. The number of hydrogen-bond donors (Lipinski definition) is 1. The van der Waals surface area contributed by atoms with Crippen LogP contribution in [0.25, 0.3) is 11.1 Å². The number of para-hydroxylation sites is 1. The third-order valence-corrected chi connectivity index (χ3v) is 4.15. The number of fused-ring (bicyclic) bond motifs is 1. The summed E-state index contributed by atoms with van der Waals surface area (Å²) in [5.41, 5.74) is 2.16. The number of carbonyl (C=O) groups excluding carboxylic acids is 1. The van der Waals surface area contributed by atoms with E-state index < -0.39 is 5.76 Å². The van der Waals surface area contributed by atoms with Gasteiger partial charge in [0.2, 0.25) is 0 Å². The van der Waals surface area contributed by atoms with Gasteiger partial charge in [0.05, 0.1) is 16.8 Å². The van der Waals surface area contributed by atoms with Crippen LogP contribution in [0.15, 0.2) is 32.8 Å². The predicted octanol–water partition coefficient (Wildman–Crippen LogP) is 2.79. The molecular weight excluding hydrogens is 302 g/mol. The Bertz CT molecular complexity index is 891. The van der Waals surface area contributed by atoms with E-state index in [1.165, 1.54) is 15.9 Å².